The Morgan fingerprint density at radius 1 is 1.00 bits per heavy atom. The van der Waals surface area contributed by atoms with Crippen LogP contribution in [0, 0.1) is 0 Å². The maximum absolute atomic E-state index is 14.3. The molecule has 238 valence electrons. The summed E-state index contributed by atoms with van der Waals surface area (Å²) in [5.74, 6) is 1.52. The fourth-order valence-corrected chi connectivity index (χ4v) is 5.77. The smallest absolute Gasteiger partial charge is 0.266 e. The Morgan fingerprint density at radius 2 is 1.74 bits per heavy atom. The van der Waals surface area contributed by atoms with Crippen molar-refractivity contribution in [1.29, 1.82) is 0 Å². The number of para-hydroxylation sites is 1. The van der Waals surface area contributed by atoms with Gasteiger partial charge in [-0.1, -0.05) is 94.8 Å². The van der Waals surface area contributed by atoms with Crippen molar-refractivity contribution in [2.75, 3.05) is 26.9 Å². The van der Waals surface area contributed by atoms with Crippen molar-refractivity contribution in [3.8, 4) is 11.5 Å². The number of rotatable bonds is 15. The number of nitrogens with one attached hydrogen (secondary N) is 2. The lowest BCUT2D eigenvalue weighted by molar-refractivity contribution is -0.129. The predicted octanol–water partition coefficient (Wildman–Crippen LogP) is 6.44. The van der Waals surface area contributed by atoms with Gasteiger partial charge < -0.3 is 19.3 Å². The van der Waals surface area contributed by atoms with Gasteiger partial charge in [-0.05, 0) is 53.9 Å². The minimum atomic E-state index is -1.34. The predicted molar refractivity (Wildman–Crippen MR) is 184 cm³/mol. The molecule has 0 spiro atoms. The SMILES string of the molecule is COc1ccccc1CCNNC(=O)[C@@]1(C/C=C/c2ccccc2)N=C(c2ccc(OCCCO)cc2)O[C@H]1c1ccccc1Br. The Balaban J connectivity index is 1.46. The quantitative estimate of drug-likeness (QED) is 0.0985. The molecule has 4 aromatic carbocycles. The van der Waals surface area contributed by atoms with E-state index in [2.05, 4.69) is 26.8 Å². The Labute approximate surface area is 278 Å². The zero-order chi connectivity index (χ0) is 32.2. The molecule has 0 aliphatic carbocycles. The van der Waals surface area contributed by atoms with Crippen molar-refractivity contribution in [2.45, 2.75) is 30.9 Å². The number of benzene rings is 4. The molecular formula is C37H38BrN3O5. The van der Waals surface area contributed by atoms with Gasteiger partial charge in [0.25, 0.3) is 5.91 Å². The van der Waals surface area contributed by atoms with Crippen LogP contribution < -0.4 is 20.3 Å². The fourth-order valence-electron chi connectivity index (χ4n) is 5.28. The van der Waals surface area contributed by atoms with Crippen LogP contribution in [0.25, 0.3) is 6.08 Å². The number of hydrazine groups is 1. The lowest BCUT2D eigenvalue weighted by Gasteiger charge is -2.30. The zero-order valence-corrected chi connectivity index (χ0v) is 27.3. The summed E-state index contributed by atoms with van der Waals surface area (Å²) in [7, 11) is 1.65. The fraction of sp³-hybridized carbons (Fsp3) is 0.243. The summed E-state index contributed by atoms with van der Waals surface area (Å²) in [6, 6.07) is 32.9. The molecule has 2 atom stereocenters. The molecule has 3 N–H and O–H groups in total. The second-order valence-electron chi connectivity index (χ2n) is 10.8. The molecule has 1 amide bonds. The average Bonchev–Trinajstić information content (AvgIpc) is 3.48. The van der Waals surface area contributed by atoms with E-state index in [1.165, 1.54) is 0 Å². The van der Waals surface area contributed by atoms with Crippen LogP contribution in [0.2, 0.25) is 0 Å². The number of carbonyl (C=O) groups is 1. The number of ether oxygens (including phenoxy) is 3. The maximum atomic E-state index is 14.3. The molecule has 5 rings (SSSR count). The van der Waals surface area contributed by atoms with E-state index in [0.717, 1.165) is 32.5 Å². The number of aliphatic hydroxyl groups excluding tert-OH is 1. The Kier molecular flexibility index (Phi) is 11.6. The van der Waals surface area contributed by atoms with Crippen LogP contribution in [-0.2, 0) is 16.0 Å². The van der Waals surface area contributed by atoms with Gasteiger partial charge in [0.15, 0.2) is 11.6 Å². The van der Waals surface area contributed by atoms with Crippen molar-refractivity contribution in [2.24, 2.45) is 4.99 Å². The molecule has 1 heterocycles. The van der Waals surface area contributed by atoms with E-state index in [-0.39, 0.29) is 18.9 Å². The third kappa shape index (κ3) is 8.04. The van der Waals surface area contributed by atoms with Crippen molar-refractivity contribution < 1.29 is 24.1 Å². The first kappa shape index (κ1) is 32.9. The van der Waals surface area contributed by atoms with Gasteiger partial charge in [0.1, 0.15) is 11.5 Å². The van der Waals surface area contributed by atoms with E-state index in [0.29, 0.717) is 37.6 Å². The Morgan fingerprint density at radius 3 is 2.50 bits per heavy atom. The van der Waals surface area contributed by atoms with Gasteiger partial charge in [-0.25, -0.2) is 10.4 Å². The summed E-state index contributed by atoms with van der Waals surface area (Å²) in [6.07, 6.45) is 4.72. The molecule has 0 aromatic heterocycles. The van der Waals surface area contributed by atoms with E-state index in [9.17, 15) is 4.79 Å². The highest BCUT2D eigenvalue weighted by Gasteiger charge is 2.53. The Hall–Kier alpha value is -4.44. The van der Waals surface area contributed by atoms with Crippen LogP contribution in [0.4, 0.5) is 0 Å². The monoisotopic (exact) mass is 683 g/mol. The second-order valence-corrected chi connectivity index (χ2v) is 11.6. The molecule has 0 radical (unpaired) electrons. The lowest BCUT2D eigenvalue weighted by Crippen LogP contribution is -2.52. The molecule has 1 aliphatic heterocycles. The van der Waals surface area contributed by atoms with E-state index < -0.39 is 11.6 Å². The average molecular weight is 685 g/mol. The number of amides is 1. The Bertz CT molecular complexity index is 1640. The second kappa shape index (κ2) is 16.2. The number of methoxy groups -OCH3 is 1. The number of hydrogen-bond donors (Lipinski definition) is 3. The van der Waals surface area contributed by atoms with Crippen LogP contribution in [0.15, 0.2) is 119 Å². The van der Waals surface area contributed by atoms with Gasteiger partial charge in [-0.2, -0.15) is 0 Å². The highest BCUT2D eigenvalue weighted by molar-refractivity contribution is 9.10. The highest BCUT2D eigenvalue weighted by Crippen LogP contribution is 2.45. The van der Waals surface area contributed by atoms with E-state index in [1.807, 2.05) is 115 Å². The molecule has 8 nitrogen and oxygen atoms in total. The highest BCUT2D eigenvalue weighted by atomic mass is 79.9. The standard InChI is InChI=1S/C37H38BrN3O5/c1-44-33-17-8-5-14-28(33)22-24-39-41-36(43)37(23-9-13-27-11-3-2-4-12-27)34(31-15-6-7-16-32(31)38)46-35(40-37)29-18-20-30(21-19-29)45-26-10-25-42/h2-9,11-21,34,39,42H,10,22-26H2,1H3,(H,41,43)/b13-9+/t34-,37-/m0/s1. The van der Waals surface area contributed by atoms with Crippen LogP contribution in [-0.4, -0.2) is 49.3 Å². The van der Waals surface area contributed by atoms with E-state index in [4.69, 9.17) is 24.3 Å². The number of aliphatic imine (C=N–C) groups is 1. The van der Waals surface area contributed by atoms with Crippen LogP contribution in [0.1, 0.15) is 41.2 Å². The van der Waals surface area contributed by atoms with E-state index >= 15 is 0 Å². The van der Waals surface area contributed by atoms with Gasteiger partial charge >= 0.3 is 0 Å². The van der Waals surface area contributed by atoms with Crippen molar-refractivity contribution >= 4 is 33.8 Å². The molecule has 0 unspecified atom stereocenters. The minimum absolute atomic E-state index is 0.0668. The molecule has 0 saturated carbocycles. The normalized spacial score (nSPS) is 17.4. The van der Waals surface area contributed by atoms with Gasteiger partial charge in [0.2, 0.25) is 5.90 Å². The molecule has 9 heteroatoms. The molecule has 46 heavy (non-hydrogen) atoms. The largest absolute Gasteiger partial charge is 0.496 e. The van der Waals surface area contributed by atoms with Crippen LogP contribution >= 0.6 is 15.9 Å². The van der Waals surface area contributed by atoms with Crippen molar-refractivity contribution in [1.82, 2.24) is 10.9 Å². The molecule has 0 bridgehead atoms. The molecule has 1 aliphatic rings. The zero-order valence-electron chi connectivity index (χ0n) is 25.7. The summed E-state index contributed by atoms with van der Waals surface area (Å²) >= 11 is 3.69. The molecule has 0 fully saturated rings. The first-order valence-electron chi connectivity index (χ1n) is 15.3. The summed E-state index contributed by atoms with van der Waals surface area (Å²) in [5.41, 5.74) is 8.31. The minimum Gasteiger partial charge on any atom is -0.496 e. The number of nitrogens with zero attached hydrogens (tertiary/aromatic N) is 1. The number of aliphatic hydroxyl groups is 1. The summed E-state index contributed by atoms with van der Waals surface area (Å²) in [4.78, 5) is 19.4. The first-order valence-corrected chi connectivity index (χ1v) is 16.0. The van der Waals surface area contributed by atoms with Gasteiger partial charge in [0.05, 0.1) is 13.7 Å². The molecular weight excluding hydrogens is 646 g/mol. The van der Waals surface area contributed by atoms with Crippen LogP contribution in [0.3, 0.4) is 0 Å². The van der Waals surface area contributed by atoms with Crippen molar-refractivity contribution in [3.05, 3.63) is 136 Å². The summed E-state index contributed by atoms with van der Waals surface area (Å²) in [6.45, 7) is 0.965. The lowest BCUT2D eigenvalue weighted by atomic mass is 9.84. The number of carbonyl (C=O) groups excluding carboxylic acids is 1. The topological polar surface area (TPSA) is 101 Å². The van der Waals surface area contributed by atoms with Crippen LogP contribution in [0.5, 0.6) is 11.5 Å². The van der Waals surface area contributed by atoms with Gasteiger partial charge in [0, 0.05) is 41.6 Å². The third-order valence-electron chi connectivity index (χ3n) is 7.67. The summed E-state index contributed by atoms with van der Waals surface area (Å²) in [5, 5.41) is 9.07. The van der Waals surface area contributed by atoms with Crippen molar-refractivity contribution in [3.63, 3.8) is 0 Å². The molecule has 4 aromatic rings. The number of halogens is 1. The molecule has 0 saturated heterocycles. The number of hydrogen-bond acceptors (Lipinski definition) is 7. The maximum Gasteiger partial charge on any atom is 0.266 e. The summed E-state index contributed by atoms with van der Waals surface area (Å²) < 4.78 is 18.6. The third-order valence-corrected chi connectivity index (χ3v) is 8.39. The van der Waals surface area contributed by atoms with E-state index in [1.54, 1.807) is 7.11 Å². The first-order chi connectivity index (χ1) is 22.5. The van der Waals surface area contributed by atoms with Gasteiger partial charge in [-0.3, -0.25) is 10.2 Å². The van der Waals surface area contributed by atoms with Gasteiger partial charge in [-0.15, -0.1) is 0 Å².